The number of fused-ring (bicyclic) bond motifs is 3. The van der Waals surface area contributed by atoms with Crippen molar-refractivity contribution in [3.63, 3.8) is 0 Å². The summed E-state index contributed by atoms with van der Waals surface area (Å²) in [7, 11) is 1.83. The topological polar surface area (TPSA) is 126 Å². The minimum absolute atomic E-state index is 0.0880. The van der Waals surface area contributed by atoms with Crippen LogP contribution in [-0.4, -0.2) is 55.9 Å². The molecular weight excluding hydrogens is 540 g/mol. The summed E-state index contributed by atoms with van der Waals surface area (Å²) in [5.41, 5.74) is 3.82. The van der Waals surface area contributed by atoms with Gasteiger partial charge in [-0.05, 0) is 42.8 Å². The third-order valence-electron chi connectivity index (χ3n) is 6.80. The van der Waals surface area contributed by atoms with Crippen LogP contribution in [-0.2, 0) is 22.0 Å². The normalized spacial score (nSPS) is 15.0. The molecule has 37 heavy (non-hydrogen) atoms. The van der Waals surface area contributed by atoms with E-state index in [1.54, 1.807) is 13.1 Å². The molecule has 1 N–H and O–H groups in total. The summed E-state index contributed by atoms with van der Waals surface area (Å²) < 4.78 is 9.78. The standard InChI is InChI=1S/C26H23BrN6O4/c1-3-37-22(34)11-26(13-32(14-26)25(35)36)16-4-7-18(8-5-16)33-23-19-10-17(27)6-9-20(19)29-12-21(23)31(2)24(33)30-15-28/h4-10,12H,3,11,13-14H2,1-2H3,(H,35,36)/b30-24-. The smallest absolute Gasteiger partial charge is 0.407 e. The van der Waals surface area contributed by atoms with Crippen LogP contribution in [0.1, 0.15) is 18.9 Å². The van der Waals surface area contributed by atoms with Crippen molar-refractivity contribution in [1.82, 2.24) is 19.0 Å². The van der Waals surface area contributed by atoms with Gasteiger partial charge in [0.2, 0.25) is 11.8 Å². The second-order valence-corrected chi connectivity index (χ2v) is 9.92. The molecule has 0 atom stereocenters. The first-order valence-corrected chi connectivity index (χ1v) is 12.4. The van der Waals surface area contributed by atoms with E-state index in [9.17, 15) is 20.0 Å². The SMILES string of the molecule is CCOC(=O)CC1(c2ccc(-n3/c(=N\C#N)n(C)c4cnc5ccc(Br)cc5c43)cc2)CN(C(=O)O)C1. The number of benzene rings is 2. The van der Waals surface area contributed by atoms with Gasteiger partial charge >= 0.3 is 12.1 Å². The van der Waals surface area contributed by atoms with E-state index >= 15 is 0 Å². The van der Waals surface area contributed by atoms with Crippen LogP contribution in [0.3, 0.4) is 0 Å². The molecule has 3 heterocycles. The number of imidazole rings is 1. The van der Waals surface area contributed by atoms with Crippen LogP contribution in [0.5, 0.6) is 0 Å². The van der Waals surface area contributed by atoms with Crippen LogP contribution in [0, 0.1) is 11.5 Å². The molecule has 11 heteroatoms. The third kappa shape index (κ3) is 4.13. The van der Waals surface area contributed by atoms with Crippen molar-refractivity contribution in [3.05, 3.63) is 64.3 Å². The predicted molar refractivity (Wildman–Crippen MR) is 139 cm³/mol. The summed E-state index contributed by atoms with van der Waals surface area (Å²) in [6, 6.07) is 13.4. The number of rotatable bonds is 5. The lowest BCUT2D eigenvalue weighted by Crippen LogP contribution is -2.61. The molecule has 0 saturated carbocycles. The molecule has 5 rings (SSSR count). The first-order valence-electron chi connectivity index (χ1n) is 11.6. The van der Waals surface area contributed by atoms with E-state index in [0.717, 1.165) is 37.7 Å². The van der Waals surface area contributed by atoms with Crippen LogP contribution in [0.2, 0.25) is 0 Å². The Kier molecular flexibility index (Phi) is 6.21. The summed E-state index contributed by atoms with van der Waals surface area (Å²) >= 11 is 3.54. The van der Waals surface area contributed by atoms with E-state index in [1.807, 2.05) is 64.8 Å². The van der Waals surface area contributed by atoms with Gasteiger partial charge in [-0.3, -0.25) is 14.3 Å². The molecule has 1 saturated heterocycles. The number of likely N-dealkylation sites (tertiary alicyclic amines) is 1. The van der Waals surface area contributed by atoms with Gasteiger partial charge in [0.1, 0.15) is 0 Å². The van der Waals surface area contributed by atoms with Crippen LogP contribution < -0.4 is 5.62 Å². The Morgan fingerprint density at radius 2 is 1.97 bits per heavy atom. The van der Waals surface area contributed by atoms with Gasteiger partial charge < -0.3 is 19.3 Å². The summed E-state index contributed by atoms with van der Waals surface area (Å²) in [4.78, 5) is 33.8. The van der Waals surface area contributed by atoms with Gasteiger partial charge in [-0.25, -0.2) is 4.79 Å². The molecule has 0 unspecified atom stereocenters. The van der Waals surface area contributed by atoms with Crippen LogP contribution >= 0.6 is 15.9 Å². The monoisotopic (exact) mass is 562 g/mol. The lowest BCUT2D eigenvalue weighted by Gasteiger charge is -2.48. The molecule has 1 amide bonds. The van der Waals surface area contributed by atoms with Gasteiger partial charge in [0, 0.05) is 41.1 Å². The van der Waals surface area contributed by atoms with E-state index in [1.165, 1.54) is 4.90 Å². The Hall–Kier alpha value is -4.17. The zero-order chi connectivity index (χ0) is 26.3. The summed E-state index contributed by atoms with van der Waals surface area (Å²) in [6.07, 6.45) is 2.73. The largest absolute Gasteiger partial charge is 0.466 e. The van der Waals surface area contributed by atoms with Crippen LogP contribution in [0.25, 0.3) is 27.6 Å². The van der Waals surface area contributed by atoms with Gasteiger partial charge in [-0.15, -0.1) is 4.99 Å². The average molecular weight is 563 g/mol. The van der Waals surface area contributed by atoms with Gasteiger partial charge in [-0.2, -0.15) is 5.26 Å². The summed E-state index contributed by atoms with van der Waals surface area (Å²) in [5, 5.41) is 19.7. The van der Waals surface area contributed by atoms with Crippen LogP contribution in [0.15, 0.2) is 58.1 Å². The Balaban J connectivity index is 1.66. The number of carbonyl (C=O) groups is 2. The number of hydrogen-bond donors (Lipinski definition) is 1. The van der Waals surface area contributed by atoms with Crippen molar-refractivity contribution in [1.29, 1.82) is 5.26 Å². The zero-order valence-corrected chi connectivity index (χ0v) is 21.8. The highest BCUT2D eigenvalue weighted by Gasteiger charge is 2.48. The fourth-order valence-corrected chi connectivity index (χ4v) is 5.42. The predicted octanol–water partition coefficient (Wildman–Crippen LogP) is 3.85. The number of halogens is 1. The van der Waals surface area contributed by atoms with E-state index in [2.05, 4.69) is 25.9 Å². The number of nitriles is 1. The minimum atomic E-state index is -1.02. The van der Waals surface area contributed by atoms with E-state index in [-0.39, 0.29) is 32.1 Å². The Bertz CT molecular complexity index is 1660. The van der Waals surface area contributed by atoms with Crippen molar-refractivity contribution in [2.45, 2.75) is 18.8 Å². The molecule has 1 aliphatic rings. The molecule has 188 valence electrons. The number of carbonyl (C=O) groups excluding carboxylic acids is 1. The molecule has 10 nitrogen and oxygen atoms in total. The van der Waals surface area contributed by atoms with E-state index in [4.69, 9.17) is 4.74 Å². The van der Waals surface area contributed by atoms with Gasteiger partial charge in [0.15, 0.2) is 0 Å². The Labute approximate surface area is 220 Å². The van der Waals surface area contributed by atoms with Gasteiger partial charge in [0.25, 0.3) is 0 Å². The fourth-order valence-electron chi connectivity index (χ4n) is 5.06. The summed E-state index contributed by atoms with van der Waals surface area (Å²) in [5.74, 6) is -0.361. The number of amides is 1. The highest BCUT2D eigenvalue weighted by Crippen LogP contribution is 2.39. The summed E-state index contributed by atoms with van der Waals surface area (Å²) in [6.45, 7) is 2.42. The first kappa shape index (κ1) is 24.5. The lowest BCUT2D eigenvalue weighted by molar-refractivity contribution is -0.146. The molecule has 4 aromatic rings. The number of nitrogens with zero attached hydrogens (tertiary/aromatic N) is 6. The maximum absolute atomic E-state index is 12.4. The molecular formula is C26H23BrN6O4. The molecule has 0 radical (unpaired) electrons. The molecule has 1 aliphatic heterocycles. The second-order valence-electron chi connectivity index (χ2n) is 9.01. The van der Waals surface area contributed by atoms with E-state index < -0.39 is 11.5 Å². The third-order valence-corrected chi connectivity index (χ3v) is 7.29. The van der Waals surface area contributed by atoms with Gasteiger partial charge in [-0.1, -0.05) is 28.1 Å². The number of hydrogen-bond acceptors (Lipinski definition) is 6. The van der Waals surface area contributed by atoms with Crippen molar-refractivity contribution in [2.75, 3.05) is 19.7 Å². The number of esters is 1. The number of aromatic nitrogens is 3. The molecule has 1 fully saturated rings. The highest BCUT2D eigenvalue weighted by molar-refractivity contribution is 9.10. The van der Waals surface area contributed by atoms with Crippen LogP contribution in [0.4, 0.5) is 4.79 Å². The molecule has 0 aliphatic carbocycles. The quantitative estimate of drug-likeness (QED) is 0.291. The maximum Gasteiger partial charge on any atom is 0.407 e. The molecule has 0 bridgehead atoms. The maximum atomic E-state index is 12.4. The minimum Gasteiger partial charge on any atom is -0.466 e. The van der Waals surface area contributed by atoms with Crippen molar-refractivity contribution < 1.29 is 19.4 Å². The number of ether oxygens (including phenoxy) is 1. The molecule has 2 aromatic carbocycles. The molecule has 0 spiro atoms. The fraction of sp³-hybridized carbons (Fsp3) is 0.269. The first-order chi connectivity index (χ1) is 17.8. The highest BCUT2D eigenvalue weighted by atomic mass is 79.9. The average Bonchev–Trinajstić information content (AvgIpc) is 3.13. The number of carboxylic acid groups (broad SMARTS) is 1. The number of aryl methyl sites for hydroxylation is 1. The van der Waals surface area contributed by atoms with Gasteiger partial charge in [0.05, 0.1) is 35.8 Å². The number of pyridine rings is 1. The lowest BCUT2D eigenvalue weighted by atomic mass is 9.71. The zero-order valence-electron chi connectivity index (χ0n) is 20.2. The Morgan fingerprint density at radius 3 is 2.62 bits per heavy atom. The van der Waals surface area contributed by atoms with Crippen molar-refractivity contribution in [2.24, 2.45) is 12.0 Å². The second kappa shape index (κ2) is 9.37. The van der Waals surface area contributed by atoms with Crippen molar-refractivity contribution >= 4 is 49.9 Å². The van der Waals surface area contributed by atoms with E-state index in [0.29, 0.717) is 5.62 Å². The Morgan fingerprint density at radius 1 is 1.24 bits per heavy atom. The van der Waals surface area contributed by atoms with Crippen molar-refractivity contribution in [3.8, 4) is 11.9 Å². The molecule has 2 aromatic heterocycles.